The molecule has 1 unspecified atom stereocenters. The van der Waals surface area contributed by atoms with Crippen LogP contribution in [0.1, 0.15) is 12.5 Å². The standard InChI is InChI=1S/C12H14N2O4S/c1-9-3-5-11(6-4-9)14(8-12(15)16)19(17,18)10(2)7-13/h3-6,10H,8H2,1-2H3,(H,15,16). The molecule has 0 aliphatic carbocycles. The molecule has 0 saturated carbocycles. The smallest absolute Gasteiger partial charge is 0.324 e. The van der Waals surface area contributed by atoms with Crippen molar-refractivity contribution in [1.29, 1.82) is 5.26 Å². The molecular weight excluding hydrogens is 268 g/mol. The van der Waals surface area contributed by atoms with Crippen LogP contribution in [0.25, 0.3) is 0 Å². The van der Waals surface area contributed by atoms with E-state index < -0.39 is 27.8 Å². The van der Waals surface area contributed by atoms with E-state index in [0.29, 0.717) is 0 Å². The summed E-state index contributed by atoms with van der Waals surface area (Å²) >= 11 is 0. The third-order valence-electron chi connectivity index (χ3n) is 2.54. The first-order valence-corrected chi connectivity index (χ1v) is 6.99. The van der Waals surface area contributed by atoms with Gasteiger partial charge in [0.2, 0.25) is 0 Å². The SMILES string of the molecule is Cc1ccc(N(CC(=O)O)S(=O)(=O)C(C)C#N)cc1. The molecule has 0 bridgehead atoms. The van der Waals surface area contributed by atoms with E-state index in [1.54, 1.807) is 18.2 Å². The zero-order valence-electron chi connectivity index (χ0n) is 10.6. The number of hydrogen-bond acceptors (Lipinski definition) is 4. The van der Waals surface area contributed by atoms with Gasteiger partial charge in [-0.2, -0.15) is 5.26 Å². The molecule has 19 heavy (non-hydrogen) atoms. The van der Waals surface area contributed by atoms with Gasteiger partial charge in [0.25, 0.3) is 10.0 Å². The van der Waals surface area contributed by atoms with E-state index in [1.807, 2.05) is 6.92 Å². The number of anilines is 1. The molecule has 1 N–H and O–H groups in total. The Bertz CT molecular complexity index is 602. The highest BCUT2D eigenvalue weighted by molar-refractivity contribution is 7.93. The molecule has 1 rings (SSSR count). The van der Waals surface area contributed by atoms with Crippen LogP contribution in [-0.4, -0.2) is 31.3 Å². The van der Waals surface area contributed by atoms with E-state index in [1.165, 1.54) is 19.1 Å². The third kappa shape index (κ3) is 3.45. The van der Waals surface area contributed by atoms with Gasteiger partial charge in [-0.3, -0.25) is 9.10 Å². The van der Waals surface area contributed by atoms with Gasteiger partial charge >= 0.3 is 5.97 Å². The molecule has 0 amide bonds. The Balaban J connectivity index is 3.27. The van der Waals surface area contributed by atoms with Gasteiger partial charge in [-0.05, 0) is 26.0 Å². The zero-order chi connectivity index (χ0) is 14.6. The third-order valence-corrected chi connectivity index (χ3v) is 4.49. The maximum absolute atomic E-state index is 12.1. The Morgan fingerprint density at radius 2 is 1.95 bits per heavy atom. The van der Waals surface area contributed by atoms with Gasteiger partial charge in [-0.25, -0.2) is 8.42 Å². The summed E-state index contributed by atoms with van der Waals surface area (Å²) in [6.45, 7) is 2.34. The number of carboxylic acids is 1. The minimum absolute atomic E-state index is 0.232. The van der Waals surface area contributed by atoms with E-state index in [-0.39, 0.29) is 5.69 Å². The van der Waals surface area contributed by atoms with E-state index in [2.05, 4.69) is 0 Å². The molecule has 7 heteroatoms. The van der Waals surface area contributed by atoms with Crippen LogP contribution in [0.2, 0.25) is 0 Å². The highest BCUT2D eigenvalue weighted by Gasteiger charge is 2.30. The average Bonchev–Trinajstić information content (AvgIpc) is 2.35. The number of rotatable bonds is 5. The summed E-state index contributed by atoms with van der Waals surface area (Å²) in [7, 11) is -4.02. The lowest BCUT2D eigenvalue weighted by Gasteiger charge is -2.23. The maximum atomic E-state index is 12.1. The van der Waals surface area contributed by atoms with Gasteiger partial charge in [0, 0.05) is 0 Å². The topological polar surface area (TPSA) is 98.5 Å². The van der Waals surface area contributed by atoms with Crippen LogP contribution in [0.3, 0.4) is 0 Å². The fraction of sp³-hybridized carbons (Fsp3) is 0.333. The van der Waals surface area contributed by atoms with Crippen LogP contribution in [0, 0.1) is 18.3 Å². The molecule has 0 aliphatic rings. The quantitative estimate of drug-likeness (QED) is 0.872. The predicted molar refractivity (Wildman–Crippen MR) is 70.2 cm³/mol. The lowest BCUT2D eigenvalue weighted by Crippen LogP contribution is -2.40. The number of carbonyl (C=O) groups is 1. The number of carboxylic acid groups (broad SMARTS) is 1. The fourth-order valence-corrected chi connectivity index (χ4v) is 2.64. The van der Waals surface area contributed by atoms with Gasteiger partial charge in [-0.1, -0.05) is 17.7 Å². The van der Waals surface area contributed by atoms with Crippen LogP contribution in [0.4, 0.5) is 5.69 Å². The van der Waals surface area contributed by atoms with E-state index in [0.717, 1.165) is 9.87 Å². The van der Waals surface area contributed by atoms with Crippen molar-refractivity contribution in [2.75, 3.05) is 10.8 Å². The van der Waals surface area contributed by atoms with E-state index in [9.17, 15) is 13.2 Å². The zero-order valence-corrected chi connectivity index (χ0v) is 11.4. The summed E-state index contributed by atoms with van der Waals surface area (Å²) < 4.78 is 25.0. The van der Waals surface area contributed by atoms with Gasteiger partial charge in [0.05, 0.1) is 11.8 Å². The van der Waals surface area contributed by atoms with Gasteiger partial charge in [-0.15, -0.1) is 0 Å². The molecule has 0 aromatic heterocycles. The van der Waals surface area contributed by atoms with Crippen LogP contribution in [0.5, 0.6) is 0 Å². The summed E-state index contributed by atoms with van der Waals surface area (Å²) in [5.74, 6) is -1.28. The number of aryl methyl sites for hydroxylation is 1. The number of nitrogens with zero attached hydrogens (tertiary/aromatic N) is 2. The second-order valence-electron chi connectivity index (χ2n) is 4.05. The van der Waals surface area contributed by atoms with Gasteiger partial charge in [0.1, 0.15) is 6.54 Å². The molecule has 0 heterocycles. The van der Waals surface area contributed by atoms with Crippen LogP contribution in [-0.2, 0) is 14.8 Å². The van der Waals surface area contributed by atoms with Crippen LogP contribution >= 0.6 is 0 Å². The van der Waals surface area contributed by atoms with Crippen molar-refractivity contribution < 1.29 is 18.3 Å². The van der Waals surface area contributed by atoms with Crippen LogP contribution in [0.15, 0.2) is 24.3 Å². The monoisotopic (exact) mass is 282 g/mol. The predicted octanol–water partition coefficient (Wildman–Crippen LogP) is 1.13. The number of hydrogen-bond donors (Lipinski definition) is 1. The second-order valence-corrected chi connectivity index (χ2v) is 6.23. The van der Waals surface area contributed by atoms with Crippen molar-refractivity contribution in [2.24, 2.45) is 0 Å². The lowest BCUT2D eigenvalue weighted by atomic mass is 10.2. The summed E-state index contributed by atoms with van der Waals surface area (Å²) in [6.07, 6.45) is 0. The molecule has 0 aliphatic heterocycles. The van der Waals surface area contributed by atoms with E-state index >= 15 is 0 Å². The summed E-state index contributed by atoms with van der Waals surface area (Å²) in [5.41, 5.74) is 1.15. The van der Waals surface area contributed by atoms with Gasteiger partial charge < -0.3 is 5.11 Å². The lowest BCUT2D eigenvalue weighted by molar-refractivity contribution is -0.135. The Morgan fingerprint density at radius 1 is 1.42 bits per heavy atom. The largest absolute Gasteiger partial charge is 0.480 e. The molecule has 6 nitrogen and oxygen atoms in total. The second kappa shape index (κ2) is 5.71. The number of aliphatic carboxylic acids is 1. The van der Waals surface area contributed by atoms with E-state index in [4.69, 9.17) is 10.4 Å². The molecule has 1 atom stereocenters. The highest BCUT2D eigenvalue weighted by Crippen LogP contribution is 2.21. The first kappa shape index (κ1) is 15.0. The Hall–Kier alpha value is -2.07. The number of benzene rings is 1. The molecule has 0 fully saturated rings. The number of sulfonamides is 1. The Kier molecular flexibility index (Phi) is 4.51. The average molecular weight is 282 g/mol. The minimum atomic E-state index is -4.02. The Labute approximate surface area is 111 Å². The Morgan fingerprint density at radius 3 is 2.37 bits per heavy atom. The fourth-order valence-electron chi connectivity index (χ4n) is 1.42. The first-order valence-electron chi connectivity index (χ1n) is 5.48. The molecular formula is C12H14N2O4S. The molecule has 0 saturated heterocycles. The maximum Gasteiger partial charge on any atom is 0.324 e. The van der Waals surface area contributed by atoms with Crippen molar-refractivity contribution in [3.05, 3.63) is 29.8 Å². The number of nitriles is 1. The molecule has 1 aromatic carbocycles. The summed E-state index contributed by atoms with van der Waals surface area (Å²) in [6, 6.07) is 8.00. The molecule has 1 aromatic rings. The van der Waals surface area contributed by atoms with Crippen molar-refractivity contribution in [3.8, 4) is 6.07 Å². The first-order chi connectivity index (χ1) is 8.78. The van der Waals surface area contributed by atoms with Crippen molar-refractivity contribution >= 4 is 21.7 Å². The summed E-state index contributed by atoms with van der Waals surface area (Å²) in [4.78, 5) is 10.8. The van der Waals surface area contributed by atoms with Crippen molar-refractivity contribution in [2.45, 2.75) is 19.1 Å². The summed E-state index contributed by atoms with van der Waals surface area (Å²) in [5, 5.41) is 16.3. The minimum Gasteiger partial charge on any atom is -0.480 e. The molecule has 102 valence electrons. The molecule has 0 radical (unpaired) electrons. The van der Waals surface area contributed by atoms with Crippen molar-refractivity contribution in [1.82, 2.24) is 0 Å². The van der Waals surface area contributed by atoms with Crippen LogP contribution < -0.4 is 4.31 Å². The van der Waals surface area contributed by atoms with Gasteiger partial charge in [0.15, 0.2) is 5.25 Å². The molecule has 0 spiro atoms. The highest BCUT2D eigenvalue weighted by atomic mass is 32.2. The van der Waals surface area contributed by atoms with Crippen molar-refractivity contribution in [3.63, 3.8) is 0 Å². The normalized spacial score (nSPS) is 12.5.